The van der Waals surface area contributed by atoms with Crippen molar-refractivity contribution in [1.82, 2.24) is 45.2 Å². The van der Waals surface area contributed by atoms with Crippen molar-refractivity contribution in [3.63, 3.8) is 0 Å². The van der Waals surface area contributed by atoms with Crippen LogP contribution in [-0.4, -0.2) is 59.7 Å². The summed E-state index contributed by atoms with van der Waals surface area (Å²) in [7, 11) is 1.89. The summed E-state index contributed by atoms with van der Waals surface area (Å²) < 4.78 is 1.59. The third kappa shape index (κ3) is 6.77. The van der Waals surface area contributed by atoms with Gasteiger partial charge in [-0.2, -0.15) is 10.2 Å². The van der Waals surface area contributed by atoms with Crippen LogP contribution in [-0.2, 0) is 19.5 Å². The van der Waals surface area contributed by atoms with E-state index in [4.69, 9.17) is 46.4 Å². The molecule has 0 fully saturated rings. The first-order valence-electron chi connectivity index (χ1n) is 13.6. The van der Waals surface area contributed by atoms with Crippen LogP contribution in [0.15, 0.2) is 58.4 Å². The first-order valence-corrected chi connectivity index (χ1v) is 15.1. The van der Waals surface area contributed by atoms with E-state index in [1.54, 1.807) is 35.1 Å². The number of anilines is 2. The van der Waals surface area contributed by atoms with E-state index in [2.05, 4.69) is 45.9 Å². The molecule has 6 rings (SSSR count). The molecular weight excluding hydrogens is 664 g/mol. The number of nitrogens with one attached hydrogen (secondary N) is 5. The van der Waals surface area contributed by atoms with Crippen LogP contribution in [0.2, 0.25) is 20.1 Å². The molecule has 6 aromatic rings. The maximum atomic E-state index is 13.1. The van der Waals surface area contributed by atoms with Gasteiger partial charge in [0, 0.05) is 32.2 Å². The summed E-state index contributed by atoms with van der Waals surface area (Å²) >= 11 is 24.5. The SMILES string of the molecule is CN(c1ccc(Cl)c(Cl)c1)[C@@H](Cc1nc2cn[nH]c2c(=O)[nH]1)NCCn1ncc2nc(NCc3ccc(Cl)c(Cl)c3)[nH]c(=O)c21. The highest BCUT2D eigenvalue weighted by molar-refractivity contribution is 6.42. The van der Waals surface area contributed by atoms with Crippen molar-refractivity contribution < 1.29 is 0 Å². The zero-order chi connectivity index (χ0) is 31.7. The number of hydrogen-bond donors (Lipinski definition) is 5. The van der Waals surface area contributed by atoms with Gasteiger partial charge < -0.3 is 15.2 Å². The third-order valence-electron chi connectivity index (χ3n) is 7.17. The Morgan fingerprint density at radius 3 is 2.47 bits per heavy atom. The topological polar surface area (TPSA) is 165 Å². The smallest absolute Gasteiger partial charge is 0.278 e. The van der Waals surface area contributed by atoms with Gasteiger partial charge in [0.15, 0.2) is 5.52 Å². The monoisotopic (exact) mass is 687 g/mol. The van der Waals surface area contributed by atoms with Gasteiger partial charge in [-0.1, -0.05) is 52.5 Å². The van der Waals surface area contributed by atoms with E-state index in [1.807, 2.05) is 24.1 Å². The molecule has 0 unspecified atom stereocenters. The number of hydrogen-bond acceptors (Lipinski definition) is 9. The molecule has 5 N–H and O–H groups in total. The summed E-state index contributed by atoms with van der Waals surface area (Å²) in [5, 5.41) is 19.3. The highest BCUT2D eigenvalue weighted by atomic mass is 35.5. The molecule has 4 aromatic heterocycles. The van der Waals surface area contributed by atoms with Crippen LogP contribution in [0.4, 0.5) is 11.6 Å². The number of H-pyrrole nitrogens is 3. The van der Waals surface area contributed by atoms with E-state index in [0.717, 1.165) is 11.3 Å². The molecule has 0 aliphatic rings. The molecule has 17 heteroatoms. The first-order chi connectivity index (χ1) is 21.7. The van der Waals surface area contributed by atoms with Crippen molar-refractivity contribution in [3.8, 4) is 0 Å². The molecule has 0 amide bonds. The Morgan fingerprint density at radius 2 is 1.69 bits per heavy atom. The Bertz CT molecular complexity index is 2120. The second kappa shape index (κ2) is 13.1. The molecule has 2 aromatic carbocycles. The van der Waals surface area contributed by atoms with Crippen molar-refractivity contribution in [3.05, 3.63) is 101 Å². The highest BCUT2D eigenvalue weighted by Crippen LogP contribution is 2.28. The lowest BCUT2D eigenvalue weighted by Crippen LogP contribution is -2.47. The number of likely N-dealkylation sites (N-methyl/N-ethyl adjacent to an activating group) is 1. The Hall–Kier alpha value is -4.14. The normalized spacial score (nSPS) is 12.2. The van der Waals surface area contributed by atoms with Gasteiger partial charge in [0.1, 0.15) is 22.4 Å². The minimum Gasteiger partial charge on any atom is -0.359 e. The van der Waals surface area contributed by atoms with Crippen LogP contribution in [0, 0.1) is 0 Å². The third-order valence-corrected chi connectivity index (χ3v) is 8.65. The molecule has 0 radical (unpaired) electrons. The van der Waals surface area contributed by atoms with Crippen molar-refractivity contribution in [1.29, 1.82) is 0 Å². The summed E-state index contributed by atoms with van der Waals surface area (Å²) in [5.74, 6) is 0.764. The van der Waals surface area contributed by atoms with Gasteiger partial charge in [-0.05, 0) is 35.9 Å². The van der Waals surface area contributed by atoms with Crippen molar-refractivity contribution in [2.45, 2.75) is 25.7 Å². The predicted octanol–water partition coefficient (Wildman–Crippen LogP) is 4.60. The molecule has 45 heavy (non-hydrogen) atoms. The Balaban J connectivity index is 1.18. The molecule has 0 aliphatic heterocycles. The molecule has 0 spiro atoms. The van der Waals surface area contributed by atoms with E-state index in [-0.39, 0.29) is 17.3 Å². The second-order valence-corrected chi connectivity index (χ2v) is 11.8. The molecule has 0 saturated carbocycles. The second-order valence-electron chi connectivity index (χ2n) is 10.1. The molecule has 1 atom stereocenters. The number of rotatable bonds is 11. The van der Waals surface area contributed by atoms with Crippen LogP contribution >= 0.6 is 46.4 Å². The highest BCUT2D eigenvalue weighted by Gasteiger charge is 2.20. The van der Waals surface area contributed by atoms with Gasteiger partial charge in [-0.25, -0.2) is 9.97 Å². The number of aromatic nitrogens is 8. The first kappa shape index (κ1) is 30.9. The molecule has 13 nitrogen and oxygen atoms in total. The summed E-state index contributed by atoms with van der Waals surface area (Å²) in [6.45, 7) is 1.13. The minimum atomic E-state index is -0.356. The van der Waals surface area contributed by atoms with Crippen LogP contribution in [0.1, 0.15) is 11.4 Å². The standard InChI is InChI=1S/C28H25Cl4N11O2/c1-42(15-3-5-17(30)19(32)9-15)23(10-22-37-20-12-35-41-24(20)26(44)39-22)33-6-7-43-25-21(13-36-43)38-28(40-27(25)45)34-11-14-2-4-16(29)18(31)8-14/h2-5,8-9,12-13,23,33H,6-7,10-11H2,1H3,(H,35,41)(H,37,39,44)(H2,34,38,40,45)/t23-/m0/s1. The summed E-state index contributed by atoms with van der Waals surface area (Å²) in [5.41, 5.74) is 2.55. The van der Waals surface area contributed by atoms with Crippen LogP contribution in [0.3, 0.4) is 0 Å². The fraction of sp³-hybridized carbons (Fsp3) is 0.214. The zero-order valence-corrected chi connectivity index (χ0v) is 26.6. The lowest BCUT2D eigenvalue weighted by atomic mass is 10.2. The fourth-order valence-corrected chi connectivity index (χ4v) is 5.45. The molecule has 232 valence electrons. The largest absolute Gasteiger partial charge is 0.359 e. The molecule has 4 heterocycles. The average molecular weight is 689 g/mol. The van der Waals surface area contributed by atoms with Crippen molar-refractivity contribution in [2.24, 2.45) is 0 Å². The van der Waals surface area contributed by atoms with E-state index in [1.165, 1.54) is 6.20 Å². The van der Waals surface area contributed by atoms with Gasteiger partial charge >= 0.3 is 0 Å². The van der Waals surface area contributed by atoms with Crippen molar-refractivity contribution in [2.75, 3.05) is 23.8 Å². The van der Waals surface area contributed by atoms with Gasteiger partial charge in [-0.15, -0.1) is 0 Å². The van der Waals surface area contributed by atoms with E-state index in [9.17, 15) is 9.59 Å². The Kier molecular flexibility index (Phi) is 8.97. The summed E-state index contributed by atoms with van der Waals surface area (Å²) in [6, 6.07) is 10.6. The number of halogens is 4. The maximum Gasteiger partial charge on any atom is 0.278 e. The molecule has 0 aliphatic carbocycles. The van der Waals surface area contributed by atoms with Gasteiger partial charge in [-0.3, -0.25) is 29.7 Å². The summed E-state index contributed by atoms with van der Waals surface area (Å²) in [6.07, 6.45) is 3.01. The lowest BCUT2D eigenvalue weighted by Gasteiger charge is -2.31. The fourth-order valence-electron chi connectivity index (χ4n) is 4.84. The Labute approximate surface area is 274 Å². The van der Waals surface area contributed by atoms with E-state index >= 15 is 0 Å². The van der Waals surface area contributed by atoms with Gasteiger partial charge in [0.05, 0.1) is 45.2 Å². The molecule has 0 saturated heterocycles. The lowest BCUT2D eigenvalue weighted by molar-refractivity contribution is 0.463. The summed E-state index contributed by atoms with van der Waals surface area (Å²) in [4.78, 5) is 42.2. The molecule has 0 bridgehead atoms. The predicted molar refractivity (Wildman–Crippen MR) is 177 cm³/mol. The quantitative estimate of drug-likeness (QED) is 0.122. The maximum absolute atomic E-state index is 13.1. The number of fused-ring (bicyclic) bond motifs is 2. The number of nitrogens with zero attached hydrogens (tertiary/aromatic N) is 6. The number of benzene rings is 2. The minimum absolute atomic E-state index is 0.302. The van der Waals surface area contributed by atoms with Crippen molar-refractivity contribution >= 4 is 80.1 Å². The van der Waals surface area contributed by atoms with Crippen LogP contribution in [0.5, 0.6) is 0 Å². The zero-order valence-electron chi connectivity index (χ0n) is 23.5. The number of aromatic amines is 3. The van der Waals surface area contributed by atoms with Crippen LogP contribution < -0.4 is 26.7 Å². The average Bonchev–Trinajstić information content (AvgIpc) is 3.66. The Morgan fingerprint density at radius 1 is 0.911 bits per heavy atom. The van der Waals surface area contributed by atoms with E-state index < -0.39 is 0 Å². The van der Waals surface area contributed by atoms with Gasteiger partial charge in [0.2, 0.25) is 5.95 Å². The van der Waals surface area contributed by atoms with E-state index in [0.29, 0.717) is 80.0 Å². The van der Waals surface area contributed by atoms with Crippen LogP contribution in [0.25, 0.3) is 22.1 Å². The molecular formula is C28H25Cl4N11O2. The van der Waals surface area contributed by atoms with Gasteiger partial charge in [0.25, 0.3) is 11.1 Å².